The molecule has 0 fully saturated rings. The second-order valence-electron chi connectivity index (χ2n) is 7.72. The van der Waals surface area contributed by atoms with Crippen LogP contribution in [0.4, 0.5) is 5.69 Å². The van der Waals surface area contributed by atoms with E-state index in [1.54, 1.807) is 0 Å². The summed E-state index contributed by atoms with van der Waals surface area (Å²) in [6, 6.07) is 4.47. The third-order valence-corrected chi connectivity index (χ3v) is 3.83. The van der Waals surface area contributed by atoms with E-state index in [1.165, 1.54) is 16.7 Å². The number of aliphatic imine (C=N–C) groups is 1. The predicted molar refractivity (Wildman–Crippen MR) is 91.4 cm³/mol. The summed E-state index contributed by atoms with van der Waals surface area (Å²) in [5, 5.41) is 0. The van der Waals surface area contributed by atoms with Crippen molar-refractivity contribution in [3.63, 3.8) is 0 Å². The fraction of sp³-hybridized carbons (Fsp3) is 0.526. The molecule has 0 N–H and O–H groups in total. The summed E-state index contributed by atoms with van der Waals surface area (Å²) in [5.41, 5.74) is 6.18. The van der Waals surface area contributed by atoms with Gasteiger partial charge in [0.15, 0.2) is 0 Å². The van der Waals surface area contributed by atoms with Crippen molar-refractivity contribution in [2.24, 2.45) is 10.4 Å². The zero-order valence-electron chi connectivity index (χ0n) is 14.4. The number of hydrogen-bond donors (Lipinski definition) is 0. The molecule has 0 radical (unpaired) electrons. The van der Waals surface area contributed by atoms with Crippen LogP contribution in [0.5, 0.6) is 0 Å². The van der Waals surface area contributed by atoms with Gasteiger partial charge in [-0.05, 0) is 53.0 Å². The molecular weight excluding hydrogens is 242 g/mol. The largest absolute Gasteiger partial charge is 0.256 e. The van der Waals surface area contributed by atoms with Crippen LogP contribution in [0, 0.1) is 19.3 Å². The molecule has 1 aromatic carbocycles. The van der Waals surface area contributed by atoms with E-state index < -0.39 is 0 Å². The Morgan fingerprint density at radius 1 is 1.05 bits per heavy atom. The molecular formula is C19H29N. The average Bonchev–Trinajstić information content (AvgIpc) is 2.27. The quantitative estimate of drug-likeness (QED) is 0.593. The molecule has 1 heteroatoms. The van der Waals surface area contributed by atoms with Gasteiger partial charge in [-0.3, -0.25) is 4.99 Å². The fourth-order valence-corrected chi connectivity index (χ4v) is 1.75. The Bertz CT molecular complexity index is 534. The highest BCUT2D eigenvalue weighted by atomic mass is 14.7. The third-order valence-electron chi connectivity index (χ3n) is 3.83. The maximum absolute atomic E-state index is 4.68. The van der Waals surface area contributed by atoms with E-state index in [0.29, 0.717) is 0 Å². The lowest BCUT2D eigenvalue weighted by Crippen LogP contribution is -2.11. The van der Waals surface area contributed by atoms with E-state index in [0.717, 1.165) is 11.3 Å². The van der Waals surface area contributed by atoms with Gasteiger partial charge in [0.1, 0.15) is 0 Å². The van der Waals surface area contributed by atoms with Crippen LogP contribution in [0.1, 0.15) is 58.2 Å². The van der Waals surface area contributed by atoms with Crippen LogP contribution in [0.3, 0.4) is 0 Å². The van der Waals surface area contributed by atoms with Crippen LogP contribution in [-0.4, -0.2) is 6.21 Å². The third kappa shape index (κ3) is 4.06. The molecule has 0 aliphatic heterocycles. The van der Waals surface area contributed by atoms with Gasteiger partial charge in [0.25, 0.3) is 0 Å². The highest BCUT2D eigenvalue weighted by molar-refractivity contribution is 5.82. The zero-order chi connectivity index (χ0) is 15.7. The van der Waals surface area contributed by atoms with Gasteiger partial charge < -0.3 is 0 Å². The number of nitrogens with zero attached hydrogens (tertiary/aromatic N) is 1. The van der Waals surface area contributed by atoms with Crippen LogP contribution in [0.2, 0.25) is 0 Å². The van der Waals surface area contributed by atoms with Crippen LogP contribution in [-0.2, 0) is 5.41 Å². The second kappa shape index (κ2) is 5.55. The molecule has 0 aromatic heterocycles. The van der Waals surface area contributed by atoms with Crippen molar-refractivity contribution in [3.8, 4) is 0 Å². The molecule has 20 heavy (non-hydrogen) atoms. The number of aryl methyl sites for hydroxylation is 1. The molecule has 0 amide bonds. The summed E-state index contributed by atoms with van der Waals surface area (Å²) in [6.45, 7) is 21.6. The van der Waals surface area contributed by atoms with Crippen LogP contribution in [0.25, 0.3) is 0 Å². The zero-order valence-corrected chi connectivity index (χ0v) is 14.4. The summed E-state index contributed by atoms with van der Waals surface area (Å²) in [4.78, 5) is 4.68. The van der Waals surface area contributed by atoms with E-state index in [-0.39, 0.29) is 10.8 Å². The first-order valence-electron chi connectivity index (χ1n) is 7.28. The van der Waals surface area contributed by atoms with Gasteiger partial charge in [0.2, 0.25) is 0 Å². The predicted octanol–water partition coefficient (Wildman–Crippen LogP) is 5.91. The first kappa shape index (κ1) is 16.7. The highest BCUT2D eigenvalue weighted by Crippen LogP contribution is 2.31. The molecule has 1 nitrogen and oxygen atoms in total. The van der Waals surface area contributed by atoms with Gasteiger partial charge >= 0.3 is 0 Å². The van der Waals surface area contributed by atoms with Gasteiger partial charge in [-0.25, -0.2) is 0 Å². The van der Waals surface area contributed by atoms with Crippen molar-refractivity contribution in [1.29, 1.82) is 0 Å². The molecule has 0 heterocycles. The Balaban J connectivity index is 3.22. The van der Waals surface area contributed by atoms with Gasteiger partial charge in [-0.15, -0.1) is 0 Å². The average molecular weight is 271 g/mol. The summed E-state index contributed by atoms with van der Waals surface area (Å²) in [5.74, 6) is 0. The Morgan fingerprint density at radius 3 is 2.05 bits per heavy atom. The molecule has 0 aliphatic rings. The minimum absolute atomic E-state index is 0.0636. The normalized spacial score (nSPS) is 13.0. The lowest BCUT2D eigenvalue weighted by atomic mass is 9.85. The molecule has 0 bridgehead atoms. The van der Waals surface area contributed by atoms with Crippen molar-refractivity contribution in [2.75, 3.05) is 0 Å². The first-order chi connectivity index (χ1) is 8.93. The number of allylic oxidation sites excluding steroid dienone is 1. The Hall–Kier alpha value is -1.37. The Morgan fingerprint density at radius 2 is 1.60 bits per heavy atom. The molecule has 1 rings (SSSR count). The summed E-state index contributed by atoms with van der Waals surface area (Å²) >= 11 is 0. The van der Waals surface area contributed by atoms with E-state index in [9.17, 15) is 0 Å². The van der Waals surface area contributed by atoms with Crippen molar-refractivity contribution >= 4 is 11.9 Å². The Labute approximate surface area is 124 Å². The van der Waals surface area contributed by atoms with Crippen molar-refractivity contribution in [1.82, 2.24) is 0 Å². The van der Waals surface area contributed by atoms with Crippen LogP contribution >= 0.6 is 0 Å². The standard InChI is InChI=1S/C19H29N/c1-13-10-16(19(7,8)9)11-17(15(13)3)20-12-14(2)18(4,5)6/h10-12H,2H2,1,3-9H3/b20-12-. The molecule has 0 saturated carbocycles. The molecule has 0 spiro atoms. The second-order valence-corrected chi connectivity index (χ2v) is 7.72. The summed E-state index contributed by atoms with van der Waals surface area (Å²) in [7, 11) is 0. The lowest BCUT2D eigenvalue weighted by molar-refractivity contribution is 0.528. The topological polar surface area (TPSA) is 12.4 Å². The van der Waals surface area contributed by atoms with Crippen LogP contribution in [0.15, 0.2) is 29.3 Å². The minimum atomic E-state index is 0.0636. The monoisotopic (exact) mass is 271 g/mol. The van der Waals surface area contributed by atoms with Crippen molar-refractivity contribution < 1.29 is 0 Å². The molecule has 0 aliphatic carbocycles. The van der Waals surface area contributed by atoms with E-state index in [2.05, 4.69) is 79.1 Å². The van der Waals surface area contributed by atoms with E-state index in [4.69, 9.17) is 0 Å². The van der Waals surface area contributed by atoms with Gasteiger partial charge in [-0.1, -0.05) is 54.2 Å². The Kier molecular flexibility index (Phi) is 4.63. The summed E-state index contributed by atoms with van der Waals surface area (Å²) in [6.07, 6.45) is 1.91. The molecule has 0 unspecified atom stereocenters. The number of hydrogen-bond acceptors (Lipinski definition) is 1. The SMILES string of the molecule is C=C(/C=N\c1cc(C(C)(C)C)cc(C)c1C)C(C)(C)C. The smallest absolute Gasteiger partial charge is 0.0664 e. The number of benzene rings is 1. The van der Waals surface area contributed by atoms with E-state index >= 15 is 0 Å². The van der Waals surface area contributed by atoms with Crippen LogP contribution < -0.4 is 0 Å². The summed E-state index contributed by atoms with van der Waals surface area (Å²) < 4.78 is 0. The molecule has 110 valence electrons. The minimum Gasteiger partial charge on any atom is -0.256 e. The van der Waals surface area contributed by atoms with Gasteiger partial charge in [0.05, 0.1) is 5.69 Å². The maximum atomic E-state index is 4.68. The van der Waals surface area contributed by atoms with Gasteiger partial charge in [0, 0.05) is 6.21 Å². The fourth-order valence-electron chi connectivity index (χ4n) is 1.75. The van der Waals surface area contributed by atoms with E-state index in [1.807, 2.05) is 6.21 Å². The molecule has 1 aromatic rings. The molecule has 0 saturated heterocycles. The van der Waals surface area contributed by atoms with Crippen molar-refractivity contribution in [2.45, 2.75) is 60.8 Å². The molecule has 0 atom stereocenters. The van der Waals surface area contributed by atoms with Crippen molar-refractivity contribution in [3.05, 3.63) is 41.0 Å². The lowest BCUT2D eigenvalue weighted by Gasteiger charge is -2.22. The highest BCUT2D eigenvalue weighted by Gasteiger charge is 2.17. The number of rotatable bonds is 2. The maximum Gasteiger partial charge on any atom is 0.0664 e. The van der Waals surface area contributed by atoms with Gasteiger partial charge in [-0.2, -0.15) is 0 Å². The first-order valence-corrected chi connectivity index (χ1v) is 7.28.